The van der Waals surface area contributed by atoms with Gasteiger partial charge in [-0.05, 0) is 32.6 Å². The molecule has 0 radical (unpaired) electrons. The molecule has 0 amide bonds. The summed E-state index contributed by atoms with van der Waals surface area (Å²) in [6.07, 6.45) is 9.61. The SMILES string of the molecule is CCNC(=NCc1ncnn1C)NC1CCN(C2CCCC2)CC1. The number of aryl methyl sites for hydroxylation is 1. The minimum absolute atomic E-state index is 0.514. The Balaban J connectivity index is 1.49. The molecular formula is C17H31N7. The van der Waals surface area contributed by atoms with Crippen LogP contribution >= 0.6 is 0 Å². The van der Waals surface area contributed by atoms with Gasteiger partial charge in [-0.3, -0.25) is 4.68 Å². The summed E-state index contributed by atoms with van der Waals surface area (Å²) < 4.78 is 1.77. The number of hydrogen-bond donors (Lipinski definition) is 2. The van der Waals surface area contributed by atoms with Crippen LogP contribution in [0.3, 0.4) is 0 Å². The van der Waals surface area contributed by atoms with Crippen LogP contribution in [-0.4, -0.2) is 57.3 Å². The molecule has 2 fully saturated rings. The highest BCUT2D eigenvalue weighted by atomic mass is 15.3. The molecule has 7 heteroatoms. The molecule has 1 aliphatic carbocycles. The first kappa shape index (κ1) is 17.2. The molecule has 0 unspecified atom stereocenters. The highest BCUT2D eigenvalue weighted by Gasteiger charge is 2.27. The average Bonchev–Trinajstić information content (AvgIpc) is 3.25. The van der Waals surface area contributed by atoms with Crippen molar-refractivity contribution in [3.63, 3.8) is 0 Å². The Labute approximate surface area is 144 Å². The van der Waals surface area contributed by atoms with Gasteiger partial charge in [-0.2, -0.15) is 5.10 Å². The smallest absolute Gasteiger partial charge is 0.191 e. The lowest BCUT2D eigenvalue weighted by Gasteiger charge is -2.36. The summed E-state index contributed by atoms with van der Waals surface area (Å²) in [7, 11) is 1.90. The van der Waals surface area contributed by atoms with Gasteiger partial charge >= 0.3 is 0 Å². The van der Waals surface area contributed by atoms with E-state index in [1.807, 2.05) is 7.05 Å². The third-order valence-corrected chi connectivity index (χ3v) is 5.24. The Morgan fingerprint density at radius 3 is 2.62 bits per heavy atom. The van der Waals surface area contributed by atoms with Gasteiger partial charge in [0.15, 0.2) is 5.96 Å². The molecule has 1 aliphatic heterocycles. The monoisotopic (exact) mass is 333 g/mol. The number of piperidine rings is 1. The van der Waals surface area contributed by atoms with Crippen molar-refractivity contribution in [3.05, 3.63) is 12.2 Å². The molecule has 1 saturated heterocycles. The summed E-state index contributed by atoms with van der Waals surface area (Å²) in [5.74, 6) is 1.77. The van der Waals surface area contributed by atoms with Gasteiger partial charge in [0.05, 0.1) is 0 Å². The lowest BCUT2D eigenvalue weighted by Crippen LogP contribution is -2.50. The van der Waals surface area contributed by atoms with E-state index < -0.39 is 0 Å². The molecule has 0 spiro atoms. The molecule has 1 aromatic heterocycles. The summed E-state index contributed by atoms with van der Waals surface area (Å²) in [6.45, 7) is 5.94. The van der Waals surface area contributed by atoms with E-state index in [2.05, 4.69) is 37.5 Å². The van der Waals surface area contributed by atoms with Crippen LogP contribution in [0.1, 0.15) is 51.3 Å². The van der Waals surface area contributed by atoms with Crippen molar-refractivity contribution in [2.24, 2.45) is 12.0 Å². The van der Waals surface area contributed by atoms with E-state index in [0.29, 0.717) is 12.6 Å². The maximum absolute atomic E-state index is 4.66. The van der Waals surface area contributed by atoms with Crippen LogP contribution in [-0.2, 0) is 13.6 Å². The zero-order valence-electron chi connectivity index (χ0n) is 15.0. The first-order valence-electron chi connectivity index (χ1n) is 9.38. The largest absolute Gasteiger partial charge is 0.357 e. The molecule has 7 nitrogen and oxygen atoms in total. The van der Waals surface area contributed by atoms with Gasteiger partial charge in [0.2, 0.25) is 0 Å². The maximum atomic E-state index is 4.66. The molecule has 24 heavy (non-hydrogen) atoms. The molecule has 2 heterocycles. The first-order valence-corrected chi connectivity index (χ1v) is 9.38. The van der Waals surface area contributed by atoms with Crippen LogP contribution in [0.4, 0.5) is 0 Å². The van der Waals surface area contributed by atoms with E-state index >= 15 is 0 Å². The summed E-state index contributed by atoms with van der Waals surface area (Å²) >= 11 is 0. The fourth-order valence-electron chi connectivity index (χ4n) is 3.80. The van der Waals surface area contributed by atoms with E-state index in [1.54, 1.807) is 11.0 Å². The minimum Gasteiger partial charge on any atom is -0.357 e. The van der Waals surface area contributed by atoms with E-state index in [9.17, 15) is 0 Å². The predicted octanol–water partition coefficient (Wildman–Crippen LogP) is 1.28. The van der Waals surface area contributed by atoms with Crippen LogP contribution in [0.2, 0.25) is 0 Å². The predicted molar refractivity (Wildman–Crippen MR) is 95.8 cm³/mol. The molecule has 1 aromatic rings. The Morgan fingerprint density at radius 2 is 2.00 bits per heavy atom. The van der Waals surface area contributed by atoms with Gasteiger partial charge in [-0.25, -0.2) is 9.98 Å². The van der Waals surface area contributed by atoms with Gasteiger partial charge in [-0.1, -0.05) is 12.8 Å². The van der Waals surface area contributed by atoms with Gasteiger partial charge in [-0.15, -0.1) is 0 Å². The number of aliphatic imine (C=N–C) groups is 1. The lowest BCUT2D eigenvalue weighted by molar-refractivity contribution is 0.150. The average molecular weight is 333 g/mol. The summed E-state index contributed by atoms with van der Waals surface area (Å²) in [4.78, 5) is 11.6. The summed E-state index contributed by atoms with van der Waals surface area (Å²) in [6, 6.07) is 1.36. The number of hydrogen-bond acceptors (Lipinski definition) is 4. The molecule has 0 aromatic carbocycles. The first-order chi connectivity index (χ1) is 11.8. The quantitative estimate of drug-likeness (QED) is 0.627. The van der Waals surface area contributed by atoms with Crippen LogP contribution in [0.15, 0.2) is 11.3 Å². The van der Waals surface area contributed by atoms with E-state index in [0.717, 1.165) is 24.4 Å². The van der Waals surface area contributed by atoms with Crippen LogP contribution < -0.4 is 10.6 Å². The van der Waals surface area contributed by atoms with E-state index in [4.69, 9.17) is 0 Å². The van der Waals surface area contributed by atoms with E-state index in [-0.39, 0.29) is 0 Å². The molecule has 0 bridgehead atoms. The second-order valence-corrected chi connectivity index (χ2v) is 6.89. The standard InChI is InChI=1S/C17H31N7/c1-3-18-17(19-12-16-20-13-21-23(16)2)22-14-8-10-24(11-9-14)15-6-4-5-7-15/h13-15H,3-12H2,1-2H3,(H2,18,19,22). The zero-order chi connectivity index (χ0) is 16.8. The van der Waals surface area contributed by atoms with Crippen LogP contribution in [0.5, 0.6) is 0 Å². The molecule has 1 saturated carbocycles. The van der Waals surface area contributed by atoms with Crippen molar-refractivity contribution in [1.29, 1.82) is 0 Å². The Bertz CT molecular complexity index is 525. The van der Waals surface area contributed by atoms with Gasteiger partial charge in [0.1, 0.15) is 18.7 Å². The molecule has 0 atom stereocenters. The molecule has 2 N–H and O–H groups in total. The molecular weight excluding hydrogens is 302 g/mol. The van der Waals surface area contributed by atoms with E-state index in [1.165, 1.54) is 51.6 Å². The fraction of sp³-hybridized carbons (Fsp3) is 0.824. The Hall–Kier alpha value is -1.63. The number of likely N-dealkylation sites (tertiary alicyclic amines) is 1. The van der Waals surface area contributed by atoms with Crippen molar-refractivity contribution >= 4 is 5.96 Å². The normalized spacial score (nSPS) is 21.3. The lowest BCUT2D eigenvalue weighted by atomic mass is 10.0. The van der Waals surface area contributed by atoms with Crippen LogP contribution in [0.25, 0.3) is 0 Å². The Kier molecular flexibility index (Phi) is 6.07. The third-order valence-electron chi connectivity index (χ3n) is 5.24. The van der Waals surface area contributed by atoms with Crippen molar-refractivity contribution in [1.82, 2.24) is 30.3 Å². The second-order valence-electron chi connectivity index (χ2n) is 6.89. The topological polar surface area (TPSA) is 70.4 Å². The highest BCUT2D eigenvalue weighted by molar-refractivity contribution is 5.80. The van der Waals surface area contributed by atoms with Crippen molar-refractivity contribution < 1.29 is 0 Å². The number of guanidine groups is 1. The fourth-order valence-corrected chi connectivity index (χ4v) is 3.80. The van der Waals surface area contributed by atoms with Crippen molar-refractivity contribution in [2.45, 2.75) is 64.1 Å². The number of nitrogens with zero attached hydrogens (tertiary/aromatic N) is 5. The van der Waals surface area contributed by atoms with Crippen molar-refractivity contribution in [3.8, 4) is 0 Å². The highest BCUT2D eigenvalue weighted by Crippen LogP contribution is 2.26. The van der Waals surface area contributed by atoms with Gasteiger partial charge in [0, 0.05) is 38.8 Å². The molecule has 3 rings (SSSR count). The van der Waals surface area contributed by atoms with Crippen molar-refractivity contribution in [2.75, 3.05) is 19.6 Å². The number of rotatable bonds is 5. The molecule has 134 valence electrons. The summed E-state index contributed by atoms with van der Waals surface area (Å²) in [5.41, 5.74) is 0. The minimum atomic E-state index is 0.514. The second kappa shape index (κ2) is 8.46. The van der Waals surface area contributed by atoms with Gasteiger partial charge in [0.25, 0.3) is 0 Å². The molecule has 2 aliphatic rings. The Morgan fingerprint density at radius 1 is 1.25 bits per heavy atom. The number of aromatic nitrogens is 3. The maximum Gasteiger partial charge on any atom is 0.191 e. The zero-order valence-corrected chi connectivity index (χ0v) is 15.0. The third kappa shape index (κ3) is 4.47. The summed E-state index contributed by atoms with van der Waals surface area (Å²) in [5, 5.41) is 11.0. The number of nitrogens with one attached hydrogen (secondary N) is 2. The van der Waals surface area contributed by atoms with Gasteiger partial charge < -0.3 is 15.5 Å². The van der Waals surface area contributed by atoms with Crippen LogP contribution in [0, 0.1) is 0 Å².